The summed E-state index contributed by atoms with van der Waals surface area (Å²) in [5.74, 6) is 0.249. The van der Waals surface area contributed by atoms with E-state index in [2.05, 4.69) is 27.0 Å². The average molecular weight is 570 g/mol. The predicted molar refractivity (Wildman–Crippen MR) is 164 cm³/mol. The summed E-state index contributed by atoms with van der Waals surface area (Å²) in [4.78, 5) is 36.7. The molecule has 0 bridgehead atoms. The van der Waals surface area contributed by atoms with Gasteiger partial charge < -0.3 is 20.7 Å². The summed E-state index contributed by atoms with van der Waals surface area (Å²) in [6.45, 7) is 5.82. The van der Waals surface area contributed by atoms with Crippen molar-refractivity contribution >= 4 is 40.5 Å². The van der Waals surface area contributed by atoms with E-state index < -0.39 is 0 Å². The summed E-state index contributed by atoms with van der Waals surface area (Å²) < 4.78 is 5.30. The van der Waals surface area contributed by atoms with Gasteiger partial charge in [0.1, 0.15) is 0 Å². The van der Waals surface area contributed by atoms with Crippen LogP contribution < -0.4 is 16.0 Å². The Balaban J connectivity index is 1.24. The summed E-state index contributed by atoms with van der Waals surface area (Å²) in [5.41, 5.74) is 6.03. The number of hydrogen-bond acceptors (Lipinski definition) is 7. The van der Waals surface area contributed by atoms with Crippen molar-refractivity contribution in [2.75, 3.05) is 30.4 Å². The fourth-order valence-corrected chi connectivity index (χ4v) is 6.01. The van der Waals surface area contributed by atoms with E-state index in [4.69, 9.17) is 9.72 Å². The molecule has 2 heterocycles. The zero-order valence-electron chi connectivity index (χ0n) is 23.5. The van der Waals surface area contributed by atoms with Crippen LogP contribution in [0.15, 0.2) is 60.8 Å². The van der Waals surface area contributed by atoms with Crippen LogP contribution >= 0.6 is 11.3 Å². The maximum atomic E-state index is 13.1. The van der Waals surface area contributed by atoms with Crippen molar-refractivity contribution < 1.29 is 14.3 Å². The fraction of sp³-hybridized carbons (Fsp3) is 0.312. The van der Waals surface area contributed by atoms with Gasteiger partial charge in [-0.15, -0.1) is 11.3 Å². The van der Waals surface area contributed by atoms with Gasteiger partial charge in [0.05, 0.1) is 10.6 Å². The van der Waals surface area contributed by atoms with Crippen LogP contribution in [0.4, 0.5) is 17.3 Å². The average Bonchev–Trinajstić information content (AvgIpc) is 3.43. The van der Waals surface area contributed by atoms with E-state index in [9.17, 15) is 9.59 Å². The lowest BCUT2D eigenvalue weighted by Crippen LogP contribution is -2.25. The third-order valence-corrected chi connectivity index (χ3v) is 8.33. The van der Waals surface area contributed by atoms with E-state index in [1.807, 2.05) is 50.2 Å². The van der Waals surface area contributed by atoms with Gasteiger partial charge in [-0.25, -0.2) is 9.97 Å². The van der Waals surface area contributed by atoms with Gasteiger partial charge in [0.25, 0.3) is 11.8 Å². The molecule has 1 aliphatic carbocycles. The van der Waals surface area contributed by atoms with Gasteiger partial charge in [-0.2, -0.15) is 0 Å². The molecule has 8 nitrogen and oxygen atoms in total. The number of hydrogen-bond donors (Lipinski definition) is 3. The van der Waals surface area contributed by atoms with Crippen LogP contribution in [0.3, 0.4) is 0 Å². The topological polar surface area (TPSA) is 105 Å². The predicted octanol–water partition coefficient (Wildman–Crippen LogP) is 6.54. The summed E-state index contributed by atoms with van der Waals surface area (Å²) >= 11 is 1.61. The molecule has 0 spiro atoms. The van der Waals surface area contributed by atoms with E-state index in [0.717, 1.165) is 52.3 Å². The van der Waals surface area contributed by atoms with Gasteiger partial charge in [0, 0.05) is 53.3 Å². The molecule has 5 rings (SSSR count). The molecule has 0 aliphatic heterocycles. The molecule has 0 fully saturated rings. The Kier molecular flexibility index (Phi) is 9.38. The van der Waals surface area contributed by atoms with Gasteiger partial charge in [-0.3, -0.25) is 9.59 Å². The van der Waals surface area contributed by atoms with Gasteiger partial charge in [-0.05, 0) is 99.5 Å². The minimum absolute atomic E-state index is 0.0719. The number of anilines is 3. The van der Waals surface area contributed by atoms with Crippen molar-refractivity contribution in [1.82, 2.24) is 15.3 Å². The van der Waals surface area contributed by atoms with Crippen LogP contribution in [-0.2, 0) is 17.6 Å². The van der Waals surface area contributed by atoms with Crippen LogP contribution in [0.25, 0.3) is 11.3 Å². The number of carbonyl (C=O) groups is 2. The monoisotopic (exact) mass is 569 g/mol. The van der Waals surface area contributed by atoms with E-state index in [0.29, 0.717) is 31.3 Å². The van der Waals surface area contributed by atoms with Crippen LogP contribution in [0, 0.1) is 6.92 Å². The fourth-order valence-electron chi connectivity index (χ4n) is 4.86. The minimum atomic E-state index is -0.118. The minimum Gasteiger partial charge on any atom is -0.382 e. The number of rotatable bonds is 11. The van der Waals surface area contributed by atoms with Crippen molar-refractivity contribution in [3.8, 4) is 11.3 Å². The molecule has 41 heavy (non-hydrogen) atoms. The molecule has 0 unspecified atom stereocenters. The number of thiophene rings is 1. The number of ether oxygens (including phenoxy) is 1. The van der Waals surface area contributed by atoms with Crippen molar-refractivity contribution in [2.45, 2.75) is 46.0 Å². The van der Waals surface area contributed by atoms with Crippen LogP contribution in [0.2, 0.25) is 0 Å². The van der Waals surface area contributed by atoms with E-state index in [-0.39, 0.29) is 11.8 Å². The number of benzene rings is 2. The Hall–Kier alpha value is -4.08. The summed E-state index contributed by atoms with van der Waals surface area (Å²) in [6, 6.07) is 16.9. The van der Waals surface area contributed by atoms with Crippen molar-refractivity contribution in [1.29, 1.82) is 0 Å². The first kappa shape index (κ1) is 28.4. The van der Waals surface area contributed by atoms with Crippen LogP contribution in [0.1, 0.15) is 62.2 Å². The number of nitrogens with one attached hydrogen (secondary N) is 3. The Morgan fingerprint density at radius 1 is 1.02 bits per heavy atom. The molecule has 0 radical (unpaired) electrons. The van der Waals surface area contributed by atoms with Crippen molar-refractivity contribution in [2.24, 2.45) is 0 Å². The van der Waals surface area contributed by atoms with Crippen molar-refractivity contribution in [3.05, 3.63) is 87.2 Å². The number of aryl methyl sites for hydroxylation is 2. The Morgan fingerprint density at radius 3 is 2.66 bits per heavy atom. The second-order valence-electron chi connectivity index (χ2n) is 9.97. The summed E-state index contributed by atoms with van der Waals surface area (Å²) in [7, 11) is 0. The molecule has 4 aromatic rings. The SMILES string of the molecule is CCOCCCNC(=O)c1ccc(Nc2nccc(-c3cccc(NC(=O)c4cc5c(s4)CCCC5)c3C)n2)cc1. The zero-order chi connectivity index (χ0) is 28.6. The molecule has 212 valence electrons. The lowest BCUT2D eigenvalue weighted by Gasteiger charge is -2.13. The van der Waals surface area contributed by atoms with Crippen LogP contribution in [0.5, 0.6) is 0 Å². The van der Waals surface area contributed by atoms with Gasteiger partial charge in [0.15, 0.2) is 0 Å². The first-order chi connectivity index (χ1) is 20.0. The smallest absolute Gasteiger partial charge is 0.265 e. The van der Waals surface area contributed by atoms with Gasteiger partial charge in [0.2, 0.25) is 5.95 Å². The molecule has 9 heteroatoms. The quantitative estimate of drug-likeness (QED) is 0.177. The van der Waals surface area contributed by atoms with E-state index in [1.54, 1.807) is 29.7 Å². The number of aromatic nitrogens is 2. The Morgan fingerprint density at radius 2 is 1.85 bits per heavy atom. The molecule has 2 amide bonds. The summed E-state index contributed by atoms with van der Waals surface area (Å²) in [5, 5.41) is 9.23. The summed E-state index contributed by atoms with van der Waals surface area (Å²) in [6.07, 6.45) is 7.00. The molecule has 1 aliphatic rings. The second kappa shape index (κ2) is 13.5. The molecule has 0 saturated carbocycles. The van der Waals surface area contributed by atoms with Gasteiger partial charge in [-0.1, -0.05) is 12.1 Å². The second-order valence-corrected chi connectivity index (χ2v) is 11.1. The highest BCUT2D eigenvalue weighted by atomic mass is 32.1. The maximum absolute atomic E-state index is 13.1. The molecule has 0 saturated heterocycles. The zero-order valence-corrected chi connectivity index (χ0v) is 24.3. The van der Waals surface area contributed by atoms with Gasteiger partial charge >= 0.3 is 0 Å². The Bertz CT molecular complexity index is 1490. The molecule has 3 N–H and O–H groups in total. The number of nitrogens with zero attached hydrogens (tertiary/aromatic N) is 2. The van der Waals surface area contributed by atoms with Crippen molar-refractivity contribution in [3.63, 3.8) is 0 Å². The third kappa shape index (κ3) is 7.17. The Labute approximate surface area is 244 Å². The third-order valence-electron chi connectivity index (χ3n) is 7.09. The maximum Gasteiger partial charge on any atom is 0.265 e. The molecule has 0 atom stereocenters. The highest BCUT2D eigenvalue weighted by molar-refractivity contribution is 7.14. The highest BCUT2D eigenvalue weighted by Crippen LogP contribution is 2.32. The molecule has 2 aromatic heterocycles. The number of carbonyl (C=O) groups excluding carboxylic acids is 2. The molecular weight excluding hydrogens is 534 g/mol. The first-order valence-electron chi connectivity index (χ1n) is 14.1. The van der Waals surface area contributed by atoms with Crippen LogP contribution in [-0.4, -0.2) is 41.5 Å². The molecule has 2 aromatic carbocycles. The first-order valence-corrected chi connectivity index (χ1v) is 14.9. The lowest BCUT2D eigenvalue weighted by molar-refractivity contribution is 0.0943. The standard InChI is InChI=1S/C32H35N5O3S/c1-3-40-19-7-17-33-30(38)22-12-14-24(15-13-22)35-32-34-18-16-27(37-32)25-9-6-10-26(21(25)2)36-31(39)29-20-23-8-4-5-11-28(23)41-29/h6,9-10,12-16,18,20H,3-5,7-8,11,17,19H2,1-2H3,(H,33,38)(H,36,39)(H,34,35,37). The largest absolute Gasteiger partial charge is 0.382 e. The van der Waals surface area contributed by atoms with E-state index in [1.165, 1.54) is 23.3 Å². The molecular formula is C32H35N5O3S. The number of amides is 2. The number of fused-ring (bicyclic) bond motifs is 1. The highest BCUT2D eigenvalue weighted by Gasteiger charge is 2.18. The lowest BCUT2D eigenvalue weighted by atomic mass is 9.99. The normalized spacial score (nSPS) is 12.4. The van der Waals surface area contributed by atoms with E-state index >= 15 is 0 Å².